The van der Waals surface area contributed by atoms with Crippen molar-refractivity contribution >= 4 is 11.6 Å². The molecule has 8 heteroatoms. The third-order valence-corrected chi connectivity index (χ3v) is 8.19. The number of halogens is 1. The molecule has 0 unspecified atom stereocenters. The van der Waals surface area contributed by atoms with E-state index < -0.39 is 0 Å². The standard InChI is InChI=1S/C34H35FN4O3/c1-3-22-4-6-24(7-5-22)25-16-26(18-28(35)17-25)33-37-20-27-21-39(34(40)32(27)38-33)29-8-9-30(31(19-29)41-2)42-15-12-23-10-13-36-14-11-23/h4-9,16-20,23,36H,3,10-15,21H2,1-2H3. The summed E-state index contributed by atoms with van der Waals surface area (Å²) >= 11 is 0. The van der Waals surface area contributed by atoms with Gasteiger partial charge in [0, 0.05) is 29.1 Å². The minimum atomic E-state index is -0.385. The largest absolute Gasteiger partial charge is 0.493 e. The number of fused-ring (bicyclic) bond motifs is 1. The molecule has 6 rings (SSSR count). The van der Waals surface area contributed by atoms with E-state index in [0.29, 0.717) is 53.3 Å². The number of benzene rings is 3. The van der Waals surface area contributed by atoms with E-state index in [1.54, 1.807) is 18.2 Å². The Morgan fingerprint density at radius 3 is 2.52 bits per heavy atom. The lowest BCUT2D eigenvalue weighted by atomic mass is 9.95. The predicted molar refractivity (Wildman–Crippen MR) is 161 cm³/mol. The van der Waals surface area contributed by atoms with Gasteiger partial charge in [-0.15, -0.1) is 0 Å². The van der Waals surface area contributed by atoms with Crippen LogP contribution in [0.4, 0.5) is 10.1 Å². The van der Waals surface area contributed by atoms with Crippen LogP contribution in [0.5, 0.6) is 11.5 Å². The summed E-state index contributed by atoms with van der Waals surface area (Å²) in [5, 5.41) is 3.39. The fourth-order valence-corrected chi connectivity index (χ4v) is 5.69. The first kappa shape index (κ1) is 27.8. The zero-order valence-electron chi connectivity index (χ0n) is 24.0. The van der Waals surface area contributed by atoms with Gasteiger partial charge in [-0.05, 0) is 91.7 Å². The summed E-state index contributed by atoms with van der Waals surface area (Å²) in [4.78, 5) is 24.3. The van der Waals surface area contributed by atoms with Crippen LogP contribution in [0.15, 0.2) is 66.9 Å². The molecule has 7 nitrogen and oxygen atoms in total. The number of ether oxygens (including phenoxy) is 2. The van der Waals surface area contributed by atoms with Gasteiger partial charge in [0.1, 0.15) is 11.5 Å². The van der Waals surface area contributed by atoms with Crippen molar-refractivity contribution in [3.05, 3.63) is 89.5 Å². The second-order valence-electron chi connectivity index (χ2n) is 10.9. The monoisotopic (exact) mass is 566 g/mol. The number of amides is 1. The Morgan fingerprint density at radius 1 is 0.976 bits per heavy atom. The molecule has 2 aliphatic heterocycles. The molecule has 1 aromatic heterocycles. The summed E-state index contributed by atoms with van der Waals surface area (Å²) in [6.07, 6.45) is 5.95. The number of aryl methyl sites for hydroxylation is 1. The van der Waals surface area contributed by atoms with Gasteiger partial charge in [0.2, 0.25) is 0 Å². The fraction of sp³-hybridized carbons (Fsp3) is 0.324. The molecule has 4 aromatic rings. The number of anilines is 1. The van der Waals surface area contributed by atoms with Crippen LogP contribution in [0.25, 0.3) is 22.5 Å². The number of hydrogen-bond donors (Lipinski definition) is 1. The number of nitrogens with zero attached hydrogens (tertiary/aromatic N) is 3. The Morgan fingerprint density at radius 2 is 1.76 bits per heavy atom. The van der Waals surface area contributed by atoms with Crippen molar-refractivity contribution in [3.63, 3.8) is 0 Å². The molecule has 1 amide bonds. The van der Waals surface area contributed by atoms with Gasteiger partial charge < -0.3 is 19.7 Å². The highest BCUT2D eigenvalue weighted by Crippen LogP contribution is 2.36. The summed E-state index contributed by atoms with van der Waals surface area (Å²) in [5.41, 5.74) is 5.10. The number of carbonyl (C=O) groups is 1. The number of hydrogen-bond acceptors (Lipinski definition) is 6. The maximum atomic E-state index is 14.7. The highest BCUT2D eigenvalue weighted by atomic mass is 19.1. The van der Waals surface area contributed by atoms with E-state index in [1.807, 2.05) is 48.5 Å². The summed E-state index contributed by atoms with van der Waals surface area (Å²) < 4.78 is 26.4. The molecule has 0 radical (unpaired) electrons. The van der Waals surface area contributed by atoms with E-state index in [-0.39, 0.29) is 11.7 Å². The zero-order chi connectivity index (χ0) is 29.1. The van der Waals surface area contributed by atoms with Crippen LogP contribution in [0.2, 0.25) is 0 Å². The van der Waals surface area contributed by atoms with Gasteiger partial charge in [-0.3, -0.25) is 4.79 Å². The minimum Gasteiger partial charge on any atom is -0.493 e. The smallest absolute Gasteiger partial charge is 0.277 e. The van der Waals surface area contributed by atoms with Crippen molar-refractivity contribution in [2.45, 2.75) is 39.2 Å². The average Bonchev–Trinajstić information content (AvgIpc) is 3.36. The maximum absolute atomic E-state index is 14.7. The van der Waals surface area contributed by atoms with Crippen LogP contribution < -0.4 is 19.7 Å². The van der Waals surface area contributed by atoms with Crippen LogP contribution in [-0.4, -0.2) is 42.7 Å². The third-order valence-electron chi connectivity index (χ3n) is 8.19. The third kappa shape index (κ3) is 5.85. The summed E-state index contributed by atoms with van der Waals surface area (Å²) in [7, 11) is 1.60. The first-order chi connectivity index (χ1) is 20.5. The molecule has 0 bridgehead atoms. The zero-order valence-corrected chi connectivity index (χ0v) is 24.0. The van der Waals surface area contributed by atoms with E-state index in [2.05, 4.69) is 22.2 Å². The van der Waals surface area contributed by atoms with E-state index in [0.717, 1.165) is 42.6 Å². The van der Waals surface area contributed by atoms with Crippen LogP contribution in [0, 0.1) is 11.7 Å². The van der Waals surface area contributed by atoms with Crippen LogP contribution >= 0.6 is 0 Å². The van der Waals surface area contributed by atoms with Crippen molar-refractivity contribution in [2.75, 3.05) is 31.7 Å². The summed E-state index contributed by atoms with van der Waals surface area (Å²) in [6.45, 7) is 5.19. The molecule has 0 saturated carbocycles. The SMILES string of the molecule is CCc1ccc(-c2cc(F)cc(-c3ncc4c(n3)C(=O)N(c3ccc(OCCC5CCNCC5)c(OC)c3)C4)c2)cc1. The quantitative estimate of drug-likeness (QED) is 0.251. The van der Waals surface area contributed by atoms with Gasteiger partial charge in [-0.2, -0.15) is 0 Å². The lowest BCUT2D eigenvalue weighted by molar-refractivity contribution is 0.0992. The van der Waals surface area contributed by atoms with Gasteiger partial charge in [-0.1, -0.05) is 31.2 Å². The number of methoxy groups -OCH3 is 1. The minimum absolute atomic E-state index is 0.234. The van der Waals surface area contributed by atoms with Gasteiger partial charge in [0.25, 0.3) is 5.91 Å². The second kappa shape index (κ2) is 12.3. The van der Waals surface area contributed by atoms with E-state index in [4.69, 9.17) is 9.47 Å². The molecule has 3 heterocycles. The van der Waals surface area contributed by atoms with Gasteiger partial charge in [0.05, 0.1) is 20.3 Å². The Bertz CT molecular complexity index is 1580. The highest BCUT2D eigenvalue weighted by molar-refractivity contribution is 6.09. The Hall–Kier alpha value is -4.30. The molecule has 0 aliphatic carbocycles. The number of carbonyl (C=O) groups excluding carboxylic acids is 1. The lowest BCUT2D eigenvalue weighted by Crippen LogP contribution is -2.28. The first-order valence-corrected chi connectivity index (χ1v) is 14.6. The molecule has 1 fully saturated rings. The van der Waals surface area contributed by atoms with Crippen molar-refractivity contribution < 1.29 is 18.7 Å². The summed E-state index contributed by atoms with van der Waals surface area (Å²) in [5.74, 6) is 1.60. The number of piperidine rings is 1. The molecule has 1 saturated heterocycles. The van der Waals surface area contributed by atoms with Crippen molar-refractivity contribution in [1.29, 1.82) is 0 Å². The lowest BCUT2D eigenvalue weighted by Gasteiger charge is -2.23. The molecule has 0 spiro atoms. The molecule has 42 heavy (non-hydrogen) atoms. The normalized spacial score (nSPS) is 15.1. The summed E-state index contributed by atoms with van der Waals surface area (Å²) in [6, 6.07) is 18.4. The van der Waals surface area contributed by atoms with Crippen molar-refractivity contribution in [2.24, 2.45) is 5.92 Å². The number of rotatable bonds is 9. The molecule has 216 valence electrons. The molecule has 0 atom stereocenters. The van der Waals surface area contributed by atoms with Gasteiger partial charge in [0.15, 0.2) is 17.3 Å². The predicted octanol–water partition coefficient (Wildman–Crippen LogP) is 6.45. The molecular formula is C34H35FN4O3. The second-order valence-corrected chi connectivity index (χ2v) is 10.9. The maximum Gasteiger partial charge on any atom is 0.277 e. The fourth-order valence-electron chi connectivity index (χ4n) is 5.69. The number of aromatic nitrogens is 2. The average molecular weight is 567 g/mol. The van der Waals surface area contributed by atoms with Crippen LogP contribution in [0.3, 0.4) is 0 Å². The first-order valence-electron chi connectivity index (χ1n) is 14.6. The number of nitrogens with one attached hydrogen (secondary N) is 1. The Kier molecular flexibility index (Phi) is 8.15. The van der Waals surface area contributed by atoms with Crippen molar-refractivity contribution in [3.8, 4) is 34.0 Å². The van der Waals surface area contributed by atoms with E-state index in [9.17, 15) is 9.18 Å². The Labute approximate surface area is 245 Å². The van der Waals surface area contributed by atoms with E-state index >= 15 is 0 Å². The van der Waals surface area contributed by atoms with E-state index in [1.165, 1.54) is 30.5 Å². The van der Waals surface area contributed by atoms with Gasteiger partial charge >= 0.3 is 0 Å². The highest BCUT2D eigenvalue weighted by Gasteiger charge is 2.31. The molecule has 2 aliphatic rings. The Balaban J connectivity index is 1.19. The van der Waals surface area contributed by atoms with Crippen LogP contribution in [0.1, 0.15) is 47.8 Å². The molecule has 1 N–H and O–H groups in total. The molecular weight excluding hydrogens is 531 g/mol. The van der Waals surface area contributed by atoms with Crippen molar-refractivity contribution in [1.82, 2.24) is 15.3 Å². The van der Waals surface area contributed by atoms with Crippen LogP contribution in [-0.2, 0) is 13.0 Å². The van der Waals surface area contributed by atoms with Gasteiger partial charge in [-0.25, -0.2) is 14.4 Å². The topological polar surface area (TPSA) is 76.6 Å². The molecule has 3 aromatic carbocycles.